The fourth-order valence-corrected chi connectivity index (χ4v) is 1.65. The predicted octanol–water partition coefficient (Wildman–Crippen LogP) is 2.26. The molecule has 0 aliphatic carbocycles. The molecule has 3 N–H and O–H groups in total. The fourth-order valence-electron chi connectivity index (χ4n) is 1.65. The van der Waals surface area contributed by atoms with Gasteiger partial charge in [0.2, 0.25) is 0 Å². The number of rotatable bonds is 5. The van der Waals surface area contributed by atoms with Gasteiger partial charge in [-0.1, -0.05) is 31.1 Å². The Morgan fingerprint density at radius 1 is 1.41 bits per heavy atom. The molecule has 1 aromatic carbocycles. The summed E-state index contributed by atoms with van der Waals surface area (Å²) in [5, 5.41) is 11.8. The molecule has 0 aromatic heterocycles. The van der Waals surface area contributed by atoms with Crippen molar-refractivity contribution < 1.29 is 5.21 Å². The third kappa shape index (κ3) is 3.66. The number of anilines is 1. The van der Waals surface area contributed by atoms with E-state index in [-0.39, 0.29) is 5.84 Å². The van der Waals surface area contributed by atoms with Gasteiger partial charge in [-0.3, -0.25) is 0 Å². The summed E-state index contributed by atoms with van der Waals surface area (Å²) < 4.78 is 0. The van der Waals surface area contributed by atoms with Crippen LogP contribution in [0.2, 0.25) is 0 Å². The van der Waals surface area contributed by atoms with Crippen molar-refractivity contribution in [1.29, 1.82) is 0 Å². The first-order valence-corrected chi connectivity index (χ1v) is 5.84. The number of hydrogen-bond donors (Lipinski definition) is 2. The van der Waals surface area contributed by atoms with Gasteiger partial charge in [-0.25, -0.2) is 0 Å². The standard InChI is InChI=1S/C13H21N3O/c1-10(2)8-9-16(3)12-7-5-4-6-11(12)13(14)15-17/h4-7,10,17H,8-9H2,1-3H3,(H2,14,15). The van der Waals surface area contributed by atoms with Crippen LogP contribution in [0.25, 0.3) is 0 Å². The Labute approximate surface area is 103 Å². The zero-order valence-corrected chi connectivity index (χ0v) is 10.7. The van der Waals surface area contributed by atoms with Gasteiger partial charge >= 0.3 is 0 Å². The van der Waals surface area contributed by atoms with Crippen LogP contribution in [0.15, 0.2) is 29.4 Å². The summed E-state index contributed by atoms with van der Waals surface area (Å²) in [5.74, 6) is 0.811. The van der Waals surface area contributed by atoms with E-state index in [4.69, 9.17) is 10.9 Å². The minimum Gasteiger partial charge on any atom is -0.409 e. The van der Waals surface area contributed by atoms with Crippen LogP contribution in [0, 0.1) is 5.92 Å². The Kier molecular flexibility index (Phi) is 4.82. The molecule has 17 heavy (non-hydrogen) atoms. The molecular weight excluding hydrogens is 214 g/mol. The molecule has 4 heteroatoms. The maximum absolute atomic E-state index is 8.76. The number of benzene rings is 1. The van der Waals surface area contributed by atoms with Crippen molar-refractivity contribution in [2.75, 3.05) is 18.5 Å². The SMILES string of the molecule is CC(C)CCN(C)c1ccccc1C(N)=NO. The van der Waals surface area contributed by atoms with Crippen molar-refractivity contribution >= 4 is 11.5 Å². The minimum absolute atomic E-state index is 0.150. The molecule has 4 nitrogen and oxygen atoms in total. The lowest BCUT2D eigenvalue weighted by atomic mass is 10.1. The summed E-state index contributed by atoms with van der Waals surface area (Å²) in [4.78, 5) is 2.13. The molecule has 1 rings (SSSR count). The first kappa shape index (κ1) is 13.4. The number of nitrogens with two attached hydrogens (primary N) is 1. The Hall–Kier alpha value is -1.71. The second-order valence-corrected chi connectivity index (χ2v) is 4.61. The lowest BCUT2D eigenvalue weighted by Gasteiger charge is -2.22. The van der Waals surface area contributed by atoms with Crippen molar-refractivity contribution in [2.24, 2.45) is 16.8 Å². The molecule has 0 atom stereocenters. The molecule has 94 valence electrons. The van der Waals surface area contributed by atoms with Gasteiger partial charge in [-0.2, -0.15) is 0 Å². The number of hydrogen-bond acceptors (Lipinski definition) is 3. The van der Waals surface area contributed by atoms with E-state index in [1.807, 2.05) is 31.3 Å². The van der Waals surface area contributed by atoms with Gasteiger partial charge in [-0.05, 0) is 24.5 Å². The van der Waals surface area contributed by atoms with Crippen LogP contribution >= 0.6 is 0 Å². The lowest BCUT2D eigenvalue weighted by molar-refractivity contribution is 0.318. The third-order valence-electron chi connectivity index (χ3n) is 2.74. The maximum atomic E-state index is 8.76. The molecule has 0 unspecified atom stereocenters. The number of nitrogens with zero attached hydrogens (tertiary/aromatic N) is 2. The average molecular weight is 235 g/mol. The van der Waals surface area contributed by atoms with E-state index in [1.165, 1.54) is 0 Å². The van der Waals surface area contributed by atoms with Crippen molar-refractivity contribution in [3.8, 4) is 0 Å². The first-order valence-electron chi connectivity index (χ1n) is 5.84. The molecule has 0 heterocycles. The minimum atomic E-state index is 0.150. The molecule has 1 aromatic rings. The first-order chi connectivity index (χ1) is 8.06. The average Bonchev–Trinajstić information content (AvgIpc) is 2.34. The normalized spacial score (nSPS) is 11.9. The smallest absolute Gasteiger partial charge is 0.172 e. The summed E-state index contributed by atoms with van der Waals surface area (Å²) in [6.45, 7) is 5.35. The van der Waals surface area contributed by atoms with Crippen molar-refractivity contribution in [1.82, 2.24) is 0 Å². The Bertz CT molecular complexity index is 388. The topological polar surface area (TPSA) is 61.8 Å². The predicted molar refractivity (Wildman–Crippen MR) is 71.7 cm³/mol. The summed E-state index contributed by atoms with van der Waals surface area (Å²) in [7, 11) is 2.02. The summed E-state index contributed by atoms with van der Waals surface area (Å²) in [6, 6.07) is 7.67. The quantitative estimate of drug-likeness (QED) is 0.356. The number of oxime groups is 1. The van der Waals surface area contributed by atoms with Gasteiger partial charge in [-0.15, -0.1) is 0 Å². The highest BCUT2D eigenvalue weighted by molar-refractivity contribution is 6.02. The maximum Gasteiger partial charge on any atom is 0.172 e. The molecular formula is C13H21N3O. The van der Waals surface area contributed by atoms with Crippen molar-refractivity contribution in [2.45, 2.75) is 20.3 Å². The van der Waals surface area contributed by atoms with E-state index in [2.05, 4.69) is 23.9 Å². The van der Waals surface area contributed by atoms with E-state index < -0.39 is 0 Å². The highest BCUT2D eigenvalue weighted by Gasteiger charge is 2.10. The number of amidine groups is 1. The highest BCUT2D eigenvalue weighted by Crippen LogP contribution is 2.19. The Morgan fingerprint density at radius 3 is 2.65 bits per heavy atom. The van der Waals surface area contributed by atoms with Crippen LogP contribution in [0.1, 0.15) is 25.8 Å². The molecule has 0 aliphatic rings. The summed E-state index contributed by atoms with van der Waals surface area (Å²) in [5.41, 5.74) is 7.42. The molecule has 0 bridgehead atoms. The van der Waals surface area contributed by atoms with Crippen molar-refractivity contribution in [3.63, 3.8) is 0 Å². The molecule has 0 radical (unpaired) electrons. The molecule has 0 saturated heterocycles. The zero-order chi connectivity index (χ0) is 12.8. The Balaban J connectivity index is 2.89. The molecule has 0 amide bonds. The second-order valence-electron chi connectivity index (χ2n) is 4.61. The van der Waals surface area contributed by atoms with Gasteiger partial charge in [0.15, 0.2) is 5.84 Å². The Morgan fingerprint density at radius 2 is 2.06 bits per heavy atom. The summed E-state index contributed by atoms with van der Waals surface area (Å²) >= 11 is 0. The lowest BCUT2D eigenvalue weighted by Crippen LogP contribution is -2.24. The van der Waals surface area contributed by atoms with E-state index in [0.29, 0.717) is 5.92 Å². The van der Waals surface area contributed by atoms with Crippen LogP contribution in [-0.2, 0) is 0 Å². The zero-order valence-electron chi connectivity index (χ0n) is 10.7. The highest BCUT2D eigenvalue weighted by atomic mass is 16.4. The van der Waals surface area contributed by atoms with Crippen LogP contribution < -0.4 is 10.6 Å². The molecule has 0 fully saturated rings. The van der Waals surface area contributed by atoms with E-state index >= 15 is 0 Å². The second kappa shape index (κ2) is 6.13. The van der Waals surface area contributed by atoms with E-state index in [0.717, 1.165) is 24.2 Å². The largest absolute Gasteiger partial charge is 0.409 e. The third-order valence-corrected chi connectivity index (χ3v) is 2.74. The monoisotopic (exact) mass is 235 g/mol. The van der Waals surface area contributed by atoms with Gasteiger partial charge in [0.25, 0.3) is 0 Å². The van der Waals surface area contributed by atoms with Crippen LogP contribution in [0.3, 0.4) is 0 Å². The fraction of sp³-hybridized carbons (Fsp3) is 0.462. The van der Waals surface area contributed by atoms with Crippen molar-refractivity contribution in [3.05, 3.63) is 29.8 Å². The molecule has 0 saturated carbocycles. The van der Waals surface area contributed by atoms with Gasteiger partial charge in [0.05, 0.1) is 0 Å². The van der Waals surface area contributed by atoms with Crippen LogP contribution in [0.4, 0.5) is 5.69 Å². The molecule has 0 spiro atoms. The van der Waals surface area contributed by atoms with Gasteiger partial charge in [0, 0.05) is 24.8 Å². The molecule has 0 aliphatic heterocycles. The van der Waals surface area contributed by atoms with E-state index in [1.54, 1.807) is 0 Å². The summed E-state index contributed by atoms with van der Waals surface area (Å²) in [6.07, 6.45) is 1.11. The van der Waals surface area contributed by atoms with Gasteiger partial charge < -0.3 is 15.8 Å². The van der Waals surface area contributed by atoms with Gasteiger partial charge in [0.1, 0.15) is 0 Å². The van der Waals surface area contributed by atoms with E-state index in [9.17, 15) is 0 Å². The van der Waals surface area contributed by atoms with Crippen LogP contribution in [0.5, 0.6) is 0 Å². The van der Waals surface area contributed by atoms with Crippen LogP contribution in [-0.4, -0.2) is 24.6 Å². The number of para-hydroxylation sites is 1.